The molecule has 0 aliphatic rings. The monoisotopic (exact) mass is 277 g/mol. The topological polar surface area (TPSA) is 127 Å². The molecule has 2 aromatic rings. The molecule has 1 aromatic carbocycles. The highest BCUT2D eigenvalue weighted by atomic mass is 32.1. The Morgan fingerprint density at radius 1 is 1.53 bits per heavy atom. The molecule has 8 heteroatoms. The Hall–Kier alpha value is -2.61. The second kappa shape index (κ2) is 5.36. The van der Waals surface area contributed by atoms with Gasteiger partial charge in [-0.1, -0.05) is 0 Å². The third-order valence-corrected chi connectivity index (χ3v) is 2.95. The molecular weight excluding hydrogens is 266 g/mol. The second-order valence-corrected chi connectivity index (χ2v) is 4.45. The molecule has 0 saturated carbocycles. The molecule has 1 aromatic heterocycles. The van der Waals surface area contributed by atoms with Crippen LogP contribution in [0.3, 0.4) is 0 Å². The average molecular weight is 277 g/mol. The largest absolute Gasteiger partial charge is 0.507 e. The van der Waals surface area contributed by atoms with Gasteiger partial charge < -0.3 is 16.6 Å². The fourth-order valence-electron chi connectivity index (χ4n) is 1.33. The standard InChI is InChI=1S/C11H11N5O2S/c12-9-5-19-11(15-9)16-14-4-6-1-2-8(17)7(3-6)10(13)18/h1-5,17H,12H2,(H2,13,18)(H,15,16). The summed E-state index contributed by atoms with van der Waals surface area (Å²) in [6, 6.07) is 4.42. The van der Waals surface area contributed by atoms with E-state index >= 15 is 0 Å². The molecule has 0 radical (unpaired) electrons. The molecule has 6 N–H and O–H groups in total. The summed E-state index contributed by atoms with van der Waals surface area (Å²) in [4.78, 5) is 15.0. The molecule has 0 fully saturated rings. The number of primary amides is 1. The number of hydrogen-bond acceptors (Lipinski definition) is 7. The number of rotatable bonds is 4. The lowest BCUT2D eigenvalue weighted by Gasteiger charge is -2.01. The fourth-order valence-corrected chi connectivity index (χ4v) is 1.88. The number of nitrogens with two attached hydrogens (primary N) is 2. The summed E-state index contributed by atoms with van der Waals surface area (Å²) >= 11 is 1.32. The van der Waals surface area contributed by atoms with E-state index in [9.17, 15) is 9.90 Å². The molecule has 0 bridgehead atoms. The number of thiazole rings is 1. The van der Waals surface area contributed by atoms with Crippen LogP contribution in [-0.4, -0.2) is 22.2 Å². The highest BCUT2D eigenvalue weighted by Gasteiger charge is 2.07. The van der Waals surface area contributed by atoms with Crippen LogP contribution < -0.4 is 16.9 Å². The average Bonchev–Trinajstić information content (AvgIpc) is 2.77. The van der Waals surface area contributed by atoms with Crippen LogP contribution in [-0.2, 0) is 0 Å². The number of anilines is 2. The van der Waals surface area contributed by atoms with Crippen LogP contribution in [0.15, 0.2) is 28.7 Å². The minimum absolute atomic E-state index is 0.0439. The van der Waals surface area contributed by atoms with Gasteiger partial charge in [0.1, 0.15) is 11.6 Å². The Labute approximate surface area is 112 Å². The number of aromatic nitrogens is 1. The molecular formula is C11H11N5O2S. The number of hydrazone groups is 1. The lowest BCUT2D eigenvalue weighted by atomic mass is 10.1. The number of nitrogen functional groups attached to an aromatic ring is 1. The van der Waals surface area contributed by atoms with Crippen molar-refractivity contribution in [3.05, 3.63) is 34.7 Å². The van der Waals surface area contributed by atoms with Crippen molar-refractivity contribution < 1.29 is 9.90 Å². The minimum Gasteiger partial charge on any atom is -0.507 e. The molecule has 0 saturated heterocycles. The Morgan fingerprint density at radius 3 is 2.95 bits per heavy atom. The third-order valence-electron chi connectivity index (χ3n) is 2.18. The summed E-state index contributed by atoms with van der Waals surface area (Å²) < 4.78 is 0. The molecule has 1 heterocycles. The molecule has 0 atom stereocenters. The van der Waals surface area contributed by atoms with Crippen LogP contribution in [0.25, 0.3) is 0 Å². The molecule has 0 aliphatic carbocycles. The van der Waals surface area contributed by atoms with Crippen molar-refractivity contribution in [2.24, 2.45) is 10.8 Å². The molecule has 0 aliphatic heterocycles. The highest BCUT2D eigenvalue weighted by Crippen LogP contribution is 2.18. The van der Waals surface area contributed by atoms with Crippen LogP contribution in [0.1, 0.15) is 15.9 Å². The van der Waals surface area contributed by atoms with Gasteiger partial charge in [0.2, 0.25) is 5.13 Å². The number of aromatic hydroxyl groups is 1. The summed E-state index contributed by atoms with van der Waals surface area (Å²) in [5.74, 6) is -0.443. The predicted octanol–water partition coefficient (Wildman–Crippen LogP) is 0.976. The van der Waals surface area contributed by atoms with Crippen molar-refractivity contribution in [2.45, 2.75) is 0 Å². The highest BCUT2D eigenvalue weighted by molar-refractivity contribution is 7.14. The first-order chi connectivity index (χ1) is 9.06. The summed E-state index contributed by atoms with van der Waals surface area (Å²) in [6.45, 7) is 0. The lowest BCUT2D eigenvalue weighted by Crippen LogP contribution is -2.11. The van der Waals surface area contributed by atoms with E-state index in [-0.39, 0.29) is 11.3 Å². The maximum absolute atomic E-state index is 11.1. The Balaban J connectivity index is 2.10. The maximum atomic E-state index is 11.1. The van der Waals surface area contributed by atoms with Crippen LogP contribution in [0, 0.1) is 0 Å². The second-order valence-electron chi connectivity index (χ2n) is 3.59. The van der Waals surface area contributed by atoms with Gasteiger partial charge in [-0.2, -0.15) is 5.10 Å². The zero-order valence-electron chi connectivity index (χ0n) is 9.70. The van der Waals surface area contributed by atoms with Crippen molar-refractivity contribution in [1.82, 2.24) is 4.98 Å². The van der Waals surface area contributed by atoms with Crippen LogP contribution in [0.5, 0.6) is 5.75 Å². The SMILES string of the molecule is NC(=O)c1cc(C=NNc2nc(N)cs2)ccc1O. The Bertz CT molecular complexity index is 638. The van der Waals surface area contributed by atoms with E-state index in [0.717, 1.165) is 0 Å². The van der Waals surface area contributed by atoms with Gasteiger partial charge in [-0.05, 0) is 23.8 Å². The quantitative estimate of drug-likeness (QED) is 0.489. The van der Waals surface area contributed by atoms with Crippen molar-refractivity contribution in [3.63, 3.8) is 0 Å². The van der Waals surface area contributed by atoms with Gasteiger partial charge >= 0.3 is 0 Å². The Kier molecular flexibility index (Phi) is 3.62. The summed E-state index contributed by atoms with van der Waals surface area (Å²) in [6.07, 6.45) is 1.48. The molecule has 7 nitrogen and oxygen atoms in total. The number of phenols is 1. The van der Waals surface area contributed by atoms with E-state index in [1.54, 1.807) is 11.4 Å². The fraction of sp³-hybridized carbons (Fsp3) is 0. The number of hydrogen-bond donors (Lipinski definition) is 4. The summed E-state index contributed by atoms with van der Waals surface area (Å²) in [5.41, 5.74) is 13.9. The number of carbonyl (C=O) groups is 1. The van der Waals surface area contributed by atoms with Gasteiger partial charge in [0.25, 0.3) is 5.91 Å². The van der Waals surface area contributed by atoms with E-state index in [4.69, 9.17) is 11.5 Å². The molecule has 0 unspecified atom stereocenters. The van der Waals surface area contributed by atoms with E-state index in [1.807, 2.05) is 0 Å². The van der Waals surface area contributed by atoms with Gasteiger partial charge in [0, 0.05) is 5.38 Å². The Morgan fingerprint density at radius 2 is 2.32 bits per heavy atom. The predicted molar refractivity (Wildman–Crippen MR) is 74.4 cm³/mol. The number of nitrogens with zero attached hydrogens (tertiary/aromatic N) is 2. The normalized spacial score (nSPS) is 10.7. The van der Waals surface area contributed by atoms with E-state index in [0.29, 0.717) is 16.5 Å². The van der Waals surface area contributed by atoms with E-state index in [1.165, 1.54) is 29.7 Å². The molecule has 98 valence electrons. The van der Waals surface area contributed by atoms with Gasteiger partial charge in [0.15, 0.2) is 0 Å². The first-order valence-corrected chi connectivity index (χ1v) is 6.07. The van der Waals surface area contributed by atoms with E-state index in [2.05, 4.69) is 15.5 Å². The first-order valence-electron chi connectivity index (χ1n) is 5.19. The van der Waals surface area contributed by atoms with Crippen LogP contribution in [0.2, 0.25) is 0 Å². The summed E-state index contributed by atoms with van der Waals surface area (Å²) in [7, 11) is 0. The van der Waals surface area contributed by atoms with Gasteiger partial charge in [-0.25, -0.2) is 4.98 Å². The minimum atomic E-state index is -0.701. The van der Waals surface area contributed by atoms with Gasteiger partial charge in [-0.3, -0.25) is 10.2 Å². The third kappa shape index (κ3) is 3.19. The van der Waals surface area contributed by atoms with Gasteiger partial charge in [-0.15, -0.1) is 11.3 Å². The molecule has 1 amide bonds. The molecule has 19 heavy (non-hydrogen) atoms. The van der Waals surface area contributed by atoms with Crippen molar-refractivity contribution >= 4 is 34.4 Å². The van der Waals surface area contributed by atoms with Crippen molar-refractivity contribution in [1.29, 1.82) is 0 Å². The van der Waals surface area contributed by atoms with Gasteiger partial charge in [0.05, 0.1) is 11.8 Å². The number of amides is 1. The van der Waals surface area contributed by atoms with Crippen LogP contribution in [0.4, 0.5) is 10.9 Å². The number of nitrogens with one attached hydrogen (secondary N) is 1. The lowest BCUT2D eigenvalue weighted by molar-refractivity contribution is 0.0998. The molecule has 2 rings (SSSR count). The van der Waals surface area contributed by atoms with E-state index < -0.39 is 5.91 Å². The van der Waals surface area contributed by atoms with Crippen molar-refractivity contribution in [3.8, 4) is 5.75 Å². The number of carbonyl (C=O) groups excluding carboxylic acids is 1. The van der Waals surface area contributed by atoms with Crippen molar-refractivity contribution in [2.75, 3.05) is 11.2 Å². The zero-order valence-corrected chi connectivity index (χ0v) is 10.5. The first kappa shape index (κ1) is 12.8. The number of benzene rings is 1. The zero-order chi connectivity index (χ0) is 13.8. The molecule has 0 spiro atoms. The van der Waals surface area contributed by atoms with Crippen LogP contribution >= 0.6 is 11.3 Å². The smallest absolute Gasteiger partial charge is 0.252 e. The maximum Gasteiger partial charge on any atom is 0.252 e. The summed E-state index contributed by atoms with van der Waals surface area (Å²) in [5, 5.41) is 15.6.